The maximum Gasteiger partial charge on any atom is 0.257 e. The predicted octanol–water partition coefficient (Wildman–Crippen LogP) is 9.20. The average Bonchev–Trinajstić information content (AvgIpc) is 3.24. The number of rotatable bonds is 10. The first kappa shape index (κ1) is 43.4. The number of nitrogens with zero attached hydrogens (tertiary/aromatic N) is 1. The summed E-state index contributed by atoms with van der Waals surface area (Å²) in [6.07, 6.45) is 4.76. The van der Waals surface area contributed by atoms with E-state index >= 15 is 0 Å². The summed E-state index contributed by atoms with van der Waals surface area (Å²) in [7, 11) is 0. The molecule has 3 aliphatic rings. The maximum atomic E-state index is 14.3. The van der Waals surface area contributed by atoms with Crippen molar-refractivity contribution in [3.63, 3.8) is 0 Å². The normalized spacial score (nSPS) is 24.7. The fraction of sp³-hybridized carbons (Fsp3) is 0.447. The molecule has 8 nitrogen and oxygen atoms in total. The molecule has 0 spiro atoms. The number of amides is 2. The van der Waals surface area contributed by atoms with Crippen LogP contribution in [0.1, 0.15) is 111 Å². The first-order chi connectivity index (χ1) is 28.6. The van der Waals surface area contributed by atoms with Gasteiger partial charge in [-0.2, -0.15) is 0 Å². The lowest BCUT2D eigenvalue weighted by Gasteiger charge is -2.51. The summed E-state index contributed by atoms with van der Waals surface area (Å²) in [6, 6.07) is 22.3. The van der Waals surface area contributed by atoms with Crippen LogP contribution in [0.25, 0.3) is 11.1 Å². The Kier molecular flexibility index (Phi) is 13.1. The second kappa shape index (κ2) is 18.1. The molecule has 60 heavy (non-hydrogen) atoms. The van der Waals surface area contributed by atoms with Crippen LogP contribution in [0.2, 0.25) is 0 Å². The van der Waals surface area contributed by atoms with Gasteiger partial charge in [-0.1, -0.05) is 80.4 Å². The molecule has 3 fully saturated rings. The number of aliphatic hydroxyl groups excluding tert-OH is 1. The van der Waals surface area contributed by atoms with E-state index in [1.54, 1.807) is 18.2 Å². The maximum absolute atomic E-state index is 14.3. The number of hydrogen-bond donors (Lipinski definition) is 3. The van der Waals surface area contributed by atoms with Gasteiger partial charge in [0.05, 0.1) is 24.9 Å². The van der Waals surface area contributed by atoms with Gasteiger partial charge in [-0.3, -0.25) is 14.5 Å². The number of carbonyl (C=O) groups excluding carboxylic acids is 2. The van der Waals surface area contributed by atoms with Crippen LogP contribution in [0.4, 0.5) is 22.0 Å². The summed E-state index contributed by atoms with van der Waals surface area (Å²) >= 11 is 0. The third-order valence-electron chi connectivity index (χ3n) is 12.1. The summed E-state index contributed by atoms with van der Waals surface area (Å²) in [4.78, 5) is 29.0. The molecule has 1 saturated carbocycles. The lowest BCUT2D eigenvalue weighted by molar-refractivity contribution is -0.278. The number of benzene rings is 4. The van der Waals surface area contributed by atoms with Crippen LogP contribution in [0.15, 0.2) is 72.8 Å². The summed E-state index contributed by atoms with van der Waals surface area (Å²) < 4.78 is 83.5. The van der Waals surface area contributed by atoms with Crippen molar-refractivity contribution in [2.45, 2.75) is 115 Å². The van der Waals surface area contributed by atoms with Crippen LogP contribution in [-0.4, -0.2) is 52.1 Å². The van der Waals surface area contributed by atoms with Crippen molar-refractivity contribution < 1.29 is 46.1 Å². The van der Waals surface area contributed by atoms with E-state index in [0.717, 1.165) is 59.9 Å². The van der Waals surface area contributed by atoms with E-state index in [-0.39, 0.29) is 54.8 Å². The van der Waals surface area contributed by atoms with Gasteiger partial charge in [-0.05, 0) is 92.3 Å². The molecular formula is C47H52F5N3O5. The Morgan fingerprint density at radius 1 is 0.767 bits per heavy atom. The first-order valence-electron chi connectivity index (χ1n) is 20.7. The van der Waals surface area contributed by atoms with Crippen LogP contribution in [-0.2, 0) is 27.4 Å². The second-order valence-electron chi connectivity index (χ2n) is 17.4. The van der Waals surface area contributed by atoms with E-state index in [2.05, 4.69) is 22.5 Å². The number of likely N-dealkylation sites (tertiary alicyclic amines) is 1. The van der Waals surface area contributed by atoms with E-state index in [9.17, 15) is 36.6 Å². The molecule has 1 aliphatic carbocycles. The highest BCUT2D eigenvalue weighted by Gasteiger charge is 2.46. The average molecular weight is 834 g/mol. The minimum absolute atomic E-state index is 0.0333. The van der Waals surface area contributed by atoms with Crippen LogP contribution in [0.5, 0.6) is 0 Å². The highest BCUT2D eigenvalue weighted by molar-refractivity contribution is 5.94. The summed E-state index contributed by atoms with van der Waals surface area (Å²) in [5.74, 6) is -12.2. The Bertz CT molecular complexity index is 2170. The third kappa shape index (κ3) is 9.29. The molecule has 0 aromatic heterocycles. The highest BCUT2D eigenvalue weighted by Crippen LogP contribution is 2.45. The Labute approximate surface area is 347 Å². The number of halogens is 5. The van der Waals surface area contributed by atoms with Gasteiger partial charge in [0, 0.05) is 36.2 Å². The molecule has 4 aromatic rings. The Morgan fingerprint density at radius 3 is 2.10 bits per heavy atom. The lowest BCUT2D eigenvalue weighted by Crippen LogP contribution is -2.61. The quantitative estimate of drug-likeness (QED) is 0.0838. The highest BCUT2D eigenvalue weighted by atomic mass is 19.2. The van der Waals surface area contributed by atoms with E-state index < -0.39 is 46.8 Å². The van der Waals surface area contributed by atoms with Crippen molar-refractivity contribution in [1.82, 2.24) is 15.5 Å². The molecule has 0 unspecified atom stereocenters. The second-order valence-corrected chi connectivity index (χ2v) is 17.4. The molecular weight excluding hydrogens is 782 g/mol. The zero-order valence-electron chi connectivity index (χ0n) is 34.3. The van der Waals surface area contributed by atoms with Crippen molar-refractivity contribution >= 4 is 11.8 Å². The number of nitrogens with one attached hydrogen (secondary N) is 2. The molecule has 4 aromatic carbocycles. The molecule has 320 valence electrons. The van der Waals surface area contributed by atoms with Crippen molar-refractivity contribution in [3.8, 4) is 11.1 Å². The van der Waals surface area contributed by atoms with E-state index in [1.807, 2.05) is 75.4 Å². The fourth-order valence-electron chi connectivity index (χ4n) is 9.06. The number of hydrogen-bond acceptors (Lipinski definition) is 6. The van der Waals surface area contributed by atoms with Gasteiger partial charge in [0.1, 0.15) is 5.56 Å². The number of piperidine rings is 1. The molecule has 2 saturated heterocycles. The van der Waals surface area contributed by atoms with Crippen molar-refractivity contribution in [1.29, 1.82) is 0 Å². The molecule has 2 amide bonds. The van der Waals surface area contributed by atoms with Gasteiger partial charge in [-0.25, -0.2) is 22.0 Å². The van der Waals surface area contributed by atoms with Gasteiger partial charge in [-0.15, -0.1) is 0 Å². The lowest BCUT2D eigenvalue weighted by atomic mass is 9.75. The molecule has 2 aliphatic heterocycles. The SMILES string of the molecule is C[C@H]1[C@@H](CN2[C@@H](C(=O)NC(C)(C)C)CC[C@H]3CCCC[C@H]32)O[C@@H](c2cccc(-c3cccc(CNC(=O)c4c(F)c(F)c(F)c(F)c4F)c3)c2)O[C@H]1c1ccc(CO)cc1. The predicted molar refractivity (Wildman–Crippen MR) is 216 cm³/mol. The minimum Gasteiger partial charge on any atom is -0.392 e. The molecule has 0 bridgehead atoms. The van der Waals surface area contributed by atoms with Crippen molar-refractivity contribution in [3.05, 3.63) is 130 Å². The number of fused-ring (bicyclic) bond motifs is 1. The standard InChI is InChI=1S/C47H52F5N3O5/c1-26-36(24-55-34-14-6-5-10-29(34)19-20-35(55)44(57)54-47(2,3)4)59-46(60-43(26)30-17-15-27(25-56)16-18-30)33-13-8-12-32(22-33)31-11-7-9-28(21-31)23-53-45(58)37-38(48)40(50)42(52)41(51)39(37)49/h7-9,11-13,15-18,21-22,26,29,34-36,43,46,56H,5-6,10,14,19-20,23-25H2,1-4H3,(H,53,58)(H,54,57)/t26-,29+,34+,35+,36+,43+,46+/m0/s1. The number of aliphatic hydroxyl groups is 1. The molecule has 13 heteroatoms. The summed E-state index contributed by atoms with van der Waals surface area (Å²) in [5.41, 5.74) is 2.52. The zero-order chi connectivity index (χ0) is 42.9. The summed E-state index contributed by atoms with van der Waals surface area (Å²) in [6.45, 7) is 8.30. The van der Waals surface area contributed by atoms with Gasteiger partial charge in [0.2, 0.25) is 11.7 Å². The fourth-order valence-corrected chi connectivity index (χ4v) is 9.06. The monoisotopic (exact) mass is 833 g/mol. The van der Waals surface area contributed by atoms with E-state index in [0.29, 0.717) is 18.0 Å². The third-order valence-corrected chi connectivity index (χ3v) is 12.1. The van der Waals surface area contributed by atoms with Crippen LogP contribution in [0.3, 0.4) is 0 Å². The zero-order valence-corrected chi connectivity index (χ0v) is 34.3. The Balaban J connectivity index is 1.16. The van der Waals surface area contributed by atoms with Crippen LogP contribution < -0.4 is 10.6 Å². The van der Waals surface area contributed by atoms with Crippen LogP contribution >= 0.6 is 0 Å². The van der Waals surface area contributed by atoms with E-state index in [1.165, 1.54) is 6.42 Å². The minimum atomic E-state index is -2.34. The van der Waals surface area contributed by atoms with Crippen LogP contribution in [0, 0.1) is 40.9 Å². The van der Waals surface area contributed by atoms with Gasteiger partial charge >= 0.3 is 0 Å². The Morgan fingerprint density at radius 2 is 1.42 bits per heavy atom. The number of ether oxygens (including phenoxy) is 2. The molecule has 2 heterocycles. The largest absolute Gasteiger partial charge is 0.392 e. The van der Waals surface area contributed by atoms with Crippen molar-refractivity contribution in [2.75, 3.05) is 6.54 Å². The molecule has 0 radical (unpaired) electrons. The Hall–Kier alpha value is -4.69. The molecule has 7 atom stereocenters. The molecule has 7 rings (SSSR count). The summed E-state index contributed by atoms with van der Waals surface area (Å²) in [5, 5.41) is 15.3. The van der Waals surface area contributed by atoms with Gasteiger partial charge in [0.25, 0.3) is 5.91 Å². The van der Waals surface area contributed by atoms with Gasteiger partial charge in [0.15, 0.2) is 29.6 Å². The number of carbonyl (C=O) groups is 2. The van der Waals surface area contributed by atoms with Crippen molar-refractivity contribution in [2.24, 2.45) is 11.8 Å². The topological polar surface area (TPSA) is 100 Å². The molecule has 3 N–H and O–H groups in total. The van der Waals surface area contributed by atoms with Gasteiger partial charge < -0.3 is 25.2 Å². The first-order valence-corrected chi connectivity index (χ1v) is 20.7. The van der Waals surface area contributed by atoms with E-state index in [4.69, 9.17) is 9.47 Å². The smallest absolute Gasteiger partial charge is 0.257 e.